The smallest absolute Gasteiger partial charge is 0.150 e. The van der Waals surface area contributed by atoms with Crippen LogP contribution in [0.4, 0.5) is 5.82 Å². The van der Waals surface area contributed by atoms with Crippen LogP contribution in [0, 0.1) is 6.92 Å². The molecule has 1 aliphatic rings. The van der Waals surface area contributed by atoms with Crippen LogP contribution in [-0.2, 0) is 0 Å². The van der Waals surface area contributed by atoms with E-state index in [-0.39, 0.29) is 6.10 Å². The van der Waals surface area contributed by atoms with E-state index in [1.807, 2.05) is 0 Å². The molecule has 0 radical (unpaired) electrons. The van der Waals surface area contributed by atoms with Crippen LogP contribution in [0.1, 0.15) is 12.0 Å². The van der Waals surface area contributed by atoms with E-state index >= 15 is 0 Å². The predicted octanol–water partition coefficient (Wildman–Crippen LogP) is 1.57. The first-order valence-electron chi connectivity index (χ1n) is 5.37. The molecule has 1 aliphatic heterocycles. The van der Waals surface area contributed by atoms with Gasteiger partial charge in [0.15, 0.2) is 0 Å². The fourth-order valence-corrected chi connectivity index (χ4v) is 3.14. The number of hydrogen-bond donors (Lipinski definition) is 1. The van der Waals surface area contributed by atoms with E-state index in [1.165, 1.54) is 5.56 Å². The van der Waals surface area contributed by atoms with Gasteiger partial charge in [0.1, 0.15) is 12.1 Å². The van der Waals surface area contributed by atoms with Gasteiger partial charge in [-0.3, -0.25) is 0 Å². The molecular formula is C11H13N3OS. The van der Waals surface area contributed by atoms with E-state index in [1.54, 1.807) is 17.7 Å². The minimum atomic E-state index is -0.217. The second kappa shape index (κ2) is 3.68. The van der Waals surface area contributed by atoms with Crippen molar-refractivity contribution in [2.24, 2.45) is 0 Å². The van der Waals surface area contributed by atoms with Crippen LogP contribution in [0.3, 0.4) is 0 Å². The fraction of sp³-hybridized carbons (Fsp3) is 0.455. The standard InChI is InChI=1S/C11H13N3OS/c1-7-5-16-10-9(7)12-6-13-11(10)14-3-2-8(15)4-14/h5-6,8,15H,2-4H2,1H3/t8-/m1/s1. The Labute approximate surface area is 97.6 Å². The number of thiophene rings is 1. The highest BCUT2D eigenvalue weighted by Crippen LogP contribution is 2.32. The van der Waals surface area contributed by atoms with Gasteiger partial charge in [-0.15, -0.1) is 11.3 Å². The Morgan fingerprint density at radius 3 is 3.12 bits per heavy atom. The molecule has 16 heavy (non-hydrogen) atoms. The van der Waals surface area contributed by atoms with E-state index in [0.29, 0.717) is 6.54 Å². The first-order valence-corrected chi connectivity index (χ1v) is 6.25. The minimum absolute atomic E-state index is 0.217. The van der Waals surface area contributed by atoms with E-state index in [9.17, 15) is 5.11 Å². The maximum absolute atomic E-state index is 9.56. The fourth-order valence-electron chi connectivity index (χ4n) is 2.12. The maximum Gasteiger partial charge on any atom is 0.150 e. The molecular weight excluding hydrogens is 222 g/mol. The second-order valence-electron chi connectivity index (χ2n) is 4.18. The number of aromatic nitrogens is 2. The van der Waals surface area contributed by atoms with Crippen LogP contribution >= 0.6 is 11.3 Å². The Balaban J connectivity index is 2.09. The van der Waals surface area contributed by atoms with Crippen molar-refractivity contribution in [3.63, 3.8) is 0 Å². The van der Waals surface area contributed by atoms with Gasteiger partial charge in [-0.05, 0) is 24.3 Å². The van der Waals surface area contributed by atoms with Gasteiger partial charge >= 0.3 is 0 Å². The number of rotatable bonds is 1. The Kier molecular flexibility index (Phi) is 2.29. The predicted molar refractivity (Wildman–Crippen MR) is 65.0 cm³/mol. The third kappa shape index (κ3) is 1.47. The Bertz CT molecular complexity index is 525. The van der Waals surface area contributed by atoms with E-state index < -0.39 is 0 Å². The van der Waals surface area contributed by atoms with Crippen LogP contribution in [0.2, 0.25) is 0 Å². The molecule has 1 fully saturated rings. The molecule has 0 bridgehead atoms. The summed E-state index contributed by atoms with van der Waals surface area (Å²) in [6.07, 6.45) is 2.23. The Morgan fingerprint density at radius 1 is 1.50 bits per heavy atom. The SMILES string of the molecule is Cc1csc2c(N3CC[C@@H](O)C3)ncnc12. The summed E-state index contributed by atoms with van der Waals surface area (Å²) in [6.45, 7) is 3.63. The molecule has 0 spiro atoms. The summed E-state index contributed by atoms with van der Waals surface area (Å²) in [6, 6.07) is 0. The zero-order valence-corrected chi connectivity index (χ0v) is 9.87. The molecule has 2 aromatic heterocycles. The van der Waals surface area contributed by atoms with Gasteiger partial charge in [0.05, 0.1) is 16.3 Å². The first-order chi connectivity index (χ1) is 7.75. The Hall–Kier alpha value is -1.20. The largest absolute Gasteiger partial charge is 0.391 e. The van der Waals surface area contributed by atoms with Crippen LogP contribution in [0.15, 0.2) is 11.7 Å². The first kappa shape index (κ1) is 9.99. The lowest BCUT2D eigenvalue weighted by atomic mass is 10.3. The molecule has 0 unspecified atom stereocenters. The lowest BCUT2D eigenvalue weighted by Gasteiger charge is -2.16. The summed E-state index contributed by atoms with van der Waals surface area (Å²) in [5.41, 5.74) is 2.24. The molecule has 0 aromatic carbocycles. The highest BCUT2D eigenvalue weighted by Gasteiger charge is 2.23. The third-order valence-electron chi connectivity index (χ3n) is 2.98. The molecule has 4 nitrogen and oxygen atoms in total. The summed E-state index contributed by atoms with van der Waals surface area (Å²) in [4.78, 5) is 10.8. The molecule has 0 aliphatic carbocycles. The van der Waals surface area contributed by atoms with Crippen LogP contribution < -0.4 is 4.90 Å². The average Bonchev–Trinajstić information content (AvgIpc) is 2.86. The van der Waals surface area contributed by atoms with Gasteiger partial charge in [0.2, 0.25) is 0 Å². The monoisotopic (exact) mass is 235 g/mol. The highest BCUT2D eigenvalue weighted by molar-refractivity contribution is 7.18. The molecule has 3 heterocycles. The van der Waals surface area contributed by atoms with Crippen molar-refractivity contribution in [1.82, 2.24) is 9.97 Å². The minimum Gasteiger partial charge on any atom is -0.391 e. The lowest BCUT2D eigenvalue weighted by Crippen LogP contribution is -2.22. The van der Waals surface area contributed by atoms with Crippen molar-refractivity contribution in [2.45, 2.75) is 19.4 Å². The second-order valence-corrected chi connectivity index (χ2v) is 5.06. The van der Waals surface area contributed by atoms with E-state index in [2.05, 4.69) is 27.2 Å². The number of β-amino-alcohol motifs (C(OH)–C–C–N with tert-alkyl or cyclic N) is 1. The van der Waals surface area contributed by atoms with E-state index in [4.69, 9.17) is 0 Å². The molecule has 1 N–H and O–H groups in total. The summed E-state index contributed by atoms with van der Waals surface area (Å²) >= 11 is 1.68. The van der Waals surface area contributed by atoms with Crippen molar-refractivity contribution in [1.29, 1.82) is 0 Å². The number of aryl methyl sites for hydroxylation is 1. The van der Waals surface area contributed by atoms with Crippen molar-refractivity contribution < 1.29 is 5.11 Å². The summed E-state index contributed by atoms with van der Waals surface area (Å²) in [5.74, 6) is 0.972. The number of anilines is 1. The molecule has 1 atom stereocenters. The third-order valence-corrected chi connectivity index (χ3v) is 4.06. The van der Waals surface area contributed by atoms with Gasteiger partial charge in [-0.1, -0.05) is 0 Å². The van der Waals surface area contributed by atoms with Crippen LogP contribution in [-0.4, -0.2) is 34.3 Å². The molecule has 3 rings (SSSR count). The normalized spacial score (nSPS) is 20.9. The average molecular weight is 235 g/mol. The van der Waals surface area contributed by atoms with Gasteiger partial charge in [-0.2, -0.15) is 0 Å². The molecule has 5 heteroatoms. The molecule has 1 saturated heterocycles. The number of aliphatic hydroxyl groups is 1. The maximum atomic E-state index is 9.56. The molecule has 0 amide bonds. The quantitative estimate of drug-likeness (QED) is 0.815. The van der Waals surface area contributed by atoms with Gasteiger partial charge in [-0.25, -0.2) is 9.97 Å². The molecule has 84 valence electrons. The molecule has 0 saturated carbocycles. The zero-order chi connectivity index (χ0) is 11.1. The van der Waals surface area contributed by atoms with Gasteiger partial charge in [0, 0.05) is 13.1 Å². The number of nitrogens with zero attached hydrogens (tertiary/aromatic N) is 3. The van der Waals surface area contributed by atoms with E-state index in [0.717, 1.165) is 29.0 Å². The topological polar surface area (TPSA) is 49.2 Å². The highest BCUT2D eigenvalue weighted by atomic mass is 32.1. The van der Waals surface area contributed by atoms with Crippen molar-refractivity contribution >= 4 is 27.4 Å². The van der Waals surface area contributed by atoms with Gasteiger partial charge < -0.3 is 10.0 Å². The van der Waals surface area contributed by atoms with Crippen LogP contribution in [0.25, 0.3) is 10.2 Å². The summed E-state index contributed by atoms with van der Waals surface area (Å²) in [7, 11) is 0. The van der Waals surface area contributed by atoms with Gasteiger partial charge in [0.25, 0.3) is 0 Å². The summed E-state index contributed by atoms with van der Waals surface area (Å²) < 4.78 is 1.13. The van der Waals surface area contributed by atoms with Crippen molar-refractivity contribution in [2.75, 3.05) is 18.0 Å². The molecule has 2 aromatic rings. The zero-order valence-electron chi connectivity index (χ0n) is 9.05. The van der Waals surface area contributed by atoms with Crippen molar-refractivity contribution in [3.8, 4) is 0 Å². The summed E-state index contributed by atoms with van der Waals surface area (Å²) in [5, 5.41) is 11.7. The lowest BCUT2D eigenvalue weighted by molar-refractivity contribution is 0.198. The number of hydrogen-bond acceptors (Lipinski definition) is 5. The Morgan fingerprint density at radius 2 is 2.38 bits per heavy atom. The van der Waals surface area contributed by atoms with Crippen molar-refractivity contribution in [3.05, 3.63) is 17.3 Å². The number of fused-ring (bicyclic) bond motifs is 1. The number of aliphatic hydroxyl groups excluding tert-OH is 1. The van der Waals surface area contributed by atoms with Crippen LogP contribution in [0.5, 0.6) is 0 Å².